The van der Waals surface area contributed by atoms with Gasteiger partial charge in [0.2, 0.25) is 5.91 Å². The summed E-state index contributed by atoms with van der Waals surface area (Å²) in [6.07, 6.45) is 0.666. The number of benzene rings is 1. The van der Waals surface area contributed by atoms with E-state index in [0.29, 0.717) is 19.6 Å². The normalized spacial score (nSPS) is 16.4. The maximum Gasteiger partial charge on any atom is 0.227 e. The van der Waals surface area contributed by atoms with Gasteiger partial charge in [0.25, 0.3) is 0 Å². The van der Waals surface area contributed by atoms with E-state index in [9.17, 15) is 4.79 Å². The number of rotatable bonds is 4. The molecule has 6 heteroatoms. The molecule has 0 radical (unpaired) electrons. The molecule has 2 heterocycles. The first-order valence-electron chi connectivity index (χ1n) is 7.57. The SMILES string of the molecule is COc1cccc2c1OCC(C(=O)NCc1sc(C)nc1C)C2. The van der Waals surface area contributed by atoms with Crippen LogP contribution < -0.4 is 14.8 Å². The summed E-state index contributed by atoms with van der Waals surface area (Å²) < 4.78 is 11.1. The molecule has 1 aromatic heterocycles. The van der Waals surface area contributed by atoms with Gasteiger partial charge in [-0.05, 0) is 31.9 Å². The highest BCUT2D eigenvalue weighted by Gasteiger charge is 2.27. The van der Waals surface area contributed by atoms with Gasteiger partial charge in [-0.3, -0.25) is 4.79 Å². The summed E-state index contributed by atoms with van der Waals surface area (Å²) in [6.45, 7) is 4.84. The summed E-state index contributed by atoms with van der Waals surface area (Å²) in [5.74, 6) is 1.32. The molecule has 0 saturated heterocycles. The van der Waals surface area contributed by atoms with Crippen molar-refractivity contribution >= 4 is 17.2 Å². The summed E-state index contributed by atoms with van der Waals surface area (Å²) in [5, 5.41) is 4.02. The van der Waals surface area contributed by atoms with Crippen molar-refractivity contribution in [2.75, 3.05) is 13.7 Å². The highest BCUT2D eigenvalue weighted by atomic mass is 32.1. The standard InChI is InChI=1S/C17H20N2O3S/c1-10-15(23-11(2)19-10)8-18-17(20)13-7-12-5-4-6-14(21-3)16(12)22-9-13/h4-6,13H,7-9H2,1-3H3,(H,18,20). The van der Waals surface area contributed by atoms with E-state index in [1.165, 1.54) is 0 Å². The van der Waals surface area contributed by atoms with Crippen molar-refractivity contribution in [2.45, 2.75) is 26.8 Å². The first kappa shape index (κ1) is 15.8. The van der Waals surface area contributed by atoms with Gasteiger partial charge < -0.3 is 14.8 Å². The Morgan fingerprint density at radius 3 is 3.00 bits per heavy atom. The number of hydrogen-bond acceptors (Lipinski definition) is 5. The zero-order valence-corrected chi connectivity index (χ0v) is 14.3. The summed E-state index contributed by atoms with van der Waals surface area (Å²) in [7, 11) is 1.62. The van der Waals surface area contributed by atoms with Crippen molar-refractivity contribution < 1.29 is 14.3 Å². The Labute approximate surface area is 139 Å². The smallest absolute Gasteiger partial charge is 0.227 e. The lowest BCUT2D eigenvalue weighted by molar-refractivity contribution is -0.126. The van der Waals surface area contributed by atoms with Gasteiger partial charge in [-0.25, -0.2) is 4.98 Å². The molecule has 0 spiro atoms. The van der Waals surface area contributed by atoms with Crippen LogP contribution in [0.4, 0.5) is 0 Å². The van der Waals surface area contributed by atoms with E-state index >= 15 is 0 Å². The molecule has 0 bridgehead atoms. The van der Waals surface area contributed by atoms with Crippen molar-refractivity contribution in [1.82, 2.24) is 10.3 Å². The molecule has 1 unspecified atom stereocenters. The van der Waals surface area contributed by atoms with Crippen molar-refractivity contribution in [3.63, 3.8) is 0 Å². The Morgan fingerprint density at radius 2 is 2.30 bits per heavy atom. The van der Waals surface area contributed by atoms with Crippen LogP contribution in [0, 0.1) is 19.8 Å². The third kappa shape index (κ3) is 3.32. The van der Waals surface area contributed by atoms with E-state index < -0.39 is 0 Å². The second kappa shape index (κ2) is 6.58. The lowest BCUT2D eigenvalue weighted by Crippen LogP contribution is -2.37. The molecular weight excluding hydrogens is 312 g/mol. The minimum atomic E-state index is -0.177. The van der Waals surface area contributed by atoms with Crippen LogP contribution in [0.25, 0.3) is 0 Å². The van der Waals surface area contributed by atoms with E-state index in [0.717, 1.165) is 32.6 Å². The highest BCUT2D eigenvalue weighted by molar-refractivity contribution is 7.11. The fourth-order valence-corrected chi connectivity index (χ4v) is 3.65. The van der Waals surface area contributed by atoms with Crippen LogP contribution in [0.5, 0.6) is 11.5 Å². The van der Waals surface area contributed by atoms with Crippen LogP contribution in [-0.4, -0.2) is 24.6 Å². The van der Waals surface area contributed by atoms with Crippen LogP contribution in [0.1, 0.15) is 21.1 Å². The molecule has 1 aliphatic heterocycles. The number of amides is 1. The summed E-state index contributed by atoms with van der Waals surface area (Å²) >= 11 is 1.62. The zero-order valence-electron chi connectivity index (χ0n) is 13.5. The molecule has 122 valence electrons. The number of ether oxygens (including phenoxy) is 2. The van der Waals surface area contributed by atoms with Gasteiger partial charge in [-0.1, -0.05) is 12.1 Å². The number of thiazole rings is 1. The van der Waals surface area contributed by atoms with Crippen molar-refractivity contribution in [1.29, 1.82) is 0 Å². The number of aromatic nitrogens is 1. The average molecular weight is 332 g/mol. The monoisotopic (exact) mass is 332 g/mol. The van der Waals surface area contributed by atoms with E-state index in [1.54, 1.807) is 18.4 Å². The molecule has 1 amide bonds. The molecule has 1 aliphatic rings. The number of fused-ring (bicyclic) bond motifs is 1. The molecule has 3 rings (SSSR count). The van der Waals surface area contributed by atoms with Crippen molar-refractivity contribution in [2.24, 2.45) is 5.92 Å². The largest absolute Gasteiger partial charge is 0.493 e. The highest BCUT2D eigenvalue weighted by Crippen LogP contribution is 2.36. The Kier molecular flexibility index (Phi) is 4.52. The predicted molar refractivity (Wildman–Crippen MR) is 89.1 cm³/mol. The quantitative estimate of drug-likeness (QED) is 0.935. The Balaban J connectivity index is 1.64. The van der Waals surface area contributed by atoms with E-state index in [4.69, 9.17) is 9.47 Å². The van der Waals surface area contributed by atoms with Gasteiger partial charge in [0.15, 0.2) is 11.5 Å². The van der Waals surface area contributed by atoms with Gasteiger partial charge in [0.1, 0.15) is 6.61 Å². The first-order valence-corrected chi connectivity index (χ1v) is 8.39. The van der Waals surface area contributed by atoms with Crippen LogP contribution >= 0.6 is 11.3 Å². The molecule has 0 aliphatic carbocycles. The third-order valence-electron chi connectivity index (χ3n) is 3.97. The number of methoxy groups -OCH3 is 1. The van der Waals surface area contributed by atoms with Crippen molar-refractivity contribution in [3.8, 4) is 11.5 Å². The maximum atomic E-state index is 12.4. The second-order valence-corrected chi connectivity index (χ2v) is 6.91. The van der Waals surface area contributed by atoms with Crippen LogP contribution in [0.2, 0.25) is 0 Å². The fourth-order valence-electron chi connectivity index (χ4n) is 2.77. The summed E-state index contributed by atoms with van der Waals surface area (Å²) in [5.41, 5.74) is 2.00. The number of nitrogens with zero attached hydrogens (tertiary/aromatic N) is 1. The number of para-hydroxylation sites is 1. The van der Waals surface area contributed by atoms with Gasteiger partial charge >= 0.3 is 0 Å². The Morgan fingerprint density at radius 1 is 1.48 bits per heavy atom. The van der Waals surface area contributed by atoms with Crippen LogP contribution in [0.3, 0.4) is 0 Å². The number of hydrogen-bond donors (Lipinski definition) is 1. The molecule has 5 nitrogen and oxygen atoms in total. The number of nitrogens with one attached hydrogen (secondary N) is 1. The Bertz CT molecular complexity index is 727. The van der Waals surface area contributed by atoms with Gasteiger partial charge in [-0.15, -0.1) is 11.3 Å². The topological polar surface area (TPSA) is 60.5 Å². The lowest BCUT2D eigenvalue weighted by atomic mass is 9.95. The van der Waals surface area contributed by atoms with Gasteiger partial charge in [0.05, 0.1) is 30.3 Å². The third-order valence-corrected chi connectivity index (χ3v) is 5.04. The molecule has 23 heavy (non-hydrogen) atoms. The molecule has 1 atom stereocenters. The predicted octanol–water partition coefficient (Wildman–Crippen LogP) is 2.64. The number of aryl methyl sites for hydroxylation is 2. The summed E-state index contributed by atoms with van der Waals surface area (Å²) in [6, 6.07) is 5.77. The maximum absolute atomic E-state index is 12.4. The van der Waals surface area contributed by atoms with Crippen molar-refractivity contribution in [3.05, 3.63) is 39.3 Å². The molecule has 1 aromatic carbocycles. The van der Waals surface area contributed by atoms with E-state index in [2.05, 4.69) is 10.3 Å². The minimum absolute atomic E-state index is 0.0175. The van der Waals surface area contributed by atoms with E-state index in [-0.39, 0.29) is 11.8 Å². The average Bonchev–Trinajstić information content (AvgIpc) is 2.89. The zero-order chi connectivity index (χ0) is 16.4. The number of carbonyl (C=O) groups excluding carboxylic acids is 1. The van der Waals surface area contributed by atoms with E-state index in [1.807, 2.05) is 32.0 Å². The van der Waals surface area contributed by atoms with Gasteiger partial charge in [0, 0.05) is 4.88 Å². The lowest BCUT2D eigenvalue weighted by Gasteiger charge is -2.25. The number of carbonyl (C=O) groups is 1. The van der Waals surface area contributed by atoms with Crippen LogP contribution in [-0.2, 0) is 17.8 Å². The molecule has 0 fully saturated rings. The molecular formula is C17H20N2O3S. The minimum Gasteiger partial charge on any atom is -0.493 e. The molecule has 2 aromatic rings. The second-order valence-electron chi connectivity index (χ2n) is 5.62. The first-order chi connectivity index (χ1) is 11.1. The fraction of sp³-hybridized carbons (Fsp3) is 0.412. The van der Waals surface area contributed by atoms with Gasteiger partial charge in [-0.2, -0.15) is 0 Å². The summed E-state index contributed by atoms with van der Waals surface area (Å²) in [4.78, 5) is 17.9. The molecule has 0 saturated carbocycles. The molecule has 1 N–H and O–H groups in total. The van der Waals surface area contributed by atoms with Crippen LogP contribution in [0.15, 0.2) is 18.2 Å². The Hall–Kier alpha value is -2.08.